The number of thiophene rings is 1. The van der Waals surface area contributed by atoms with E-state index in [1.807, 2.05) is 0 Å². The number of fused-ring (bicyclic) bond motifs is 3. The van der Waals surface area contributed by atoms with E-state index in [1.165, 1.54) is 15.8 Å². The molecule has 0 radical (unpaired) electrons. The van der Waals surface area contributed by atoms with Crippen molar-refractivity contribution in [1.29, 1.82) is 5.26 Å². The molecule has 1 fully saturated rings. The van der Waals surface area contributed by atoms with Crippen molar-refractivity contribution in [3.05, 3.63) is 27.1 Å². The molecule has 0 aromatic carbocycles. The van der Waals surface area contributed by atoms with E-state index >= 15 is 0 Å². The molecule has 4 rings (SSSR count). The maximum atomic E-state index is 12.9. The molecule has 0 unspecified atom stereocenters. The molecule has 1 amide bonds. The molecule has 6 nitrogen and oxygen atoms in total. The average Bonchev–Trinajstić information content (AvgIpc) is 3.22. The molecule has 2 aliphatic carbocycles. The van der Waals surface area contributed by atoms with Crippen LogP contribution in [0.4, 0.5) is 0 Å². The highest BCUT2D eigenvalue weighted by Crippen LogP contribution is 2.35. The van der Waals surface area contributed by atoms with Crippen molar-refractivity contribution in [2.75, 3.05) is 0 Å². The highest BCUT2D eigenvalue weighted by Gasteiger charge is 2.35. The molecule has 0 spiro atoms. The molecule has 1 atom stereocenters. The monoisotopic (exact) mass is 370 g/mol. The van der Waals surface area contributed by atoms with Gasteiger partial charge in [0.2, 0.25) is 5.91 Å². The molecule has 2 aromatic heterocycles. The number of amides is 1. The second-order valence-corrected chi connectivity index (χ2v) is 8.74. The molecule has 2 heterocycles. The van der Waals surface area contributed by atoms with Crippen molar-refractivity contribution in [3.63, 3.8) is 0 Å². The topological polar surface area (TPSA) is 87.8 Å². The summed E-state index contributed by atoms with van der Waals surface area (Å²) in [6.07, 6.45) is 7.70. The zero-order valence-corrected chi connectivity index (χ0v) is 15.7. The van der Waals surface area contributed by atoms with Crippen LogP contribution >= 0.6 is 11.3 Å². The average molecular weight is 370 g/mol. The third-order valence-corrected chi connectivity index (χ3v) is 6.81. The quantitative estimate of drug-likeness (QED) is 0.899. The summed E-state index contributed by atoms with van der Waals surface area (Å²) < 4.78 is 1.38. The van der Waals surface area contributed by atoms with E-state index in [-0.39, 0.29) is 18.0 Å². The van der Waals surface area contributed by atoms with Gasteiger partial charge in [-0.2, -0.15) is 5.26 Å². The SMILES string of the molecule is C[C@@H]1CCc2c(sc3ncn(CC(=O)NC4(C#N)CCCC4)c(=O)c23)C1. The predicted molar refractivity (Wildman–Crippen MR) is 100 cm³/mol. The van der Waals surface area contributed by atoms with E-state index < -0.39 is 5.54 Å². The Morgan fingerprint density at radius 2 is 2.27 bits per heavy atom. The summed E-state index contributed by atoms with van der Waals surface area (Å²) in [5, 5.41) is 12.9. The maximum absolute atomic E-state index is 12.9. The number of aromatic nitrogens is 2. The Balaban J connectivity index is 1.61. The van der Waals surface area contributed by atoms with E-state index in [2.05, 4.69) is 23.3 Å². The van der Waals surface area contributed by atoms with Crippen LogP contribution in [0.2, 0.25) is 0 Å². The number of rotatable bonds is 3. The summed E-state index contributed by atoms with van der Waals surface area (Å²) in [7, 11) is 0. The van der Waals surface area contributed by atoms with Crippen molar-refractivity contribution in [2.45, 2.75) is 64.0 Å². The molecule has 2 aromatic rings. The van der Waals surface area contributed by atoms with Gasteiger partial charge in [-0.3, -0.25) is 14.2 Å². The van der Waals surface area contributed by atoms with Gasteiger partial charge in [-0.25, -0.2) is 4.98 Å². The van der Waals surface area contributed by atoms with Crippen molar-refractivity contribution >= 4 is 27.5 Å². The zero-order valence-electron chi connectivity index (χ0n) is 14.9. The minimum Gasteiger partial charge on any atom is -0.336 e. The summed E-state index contributed by atoms with van der Waals surface area (Å²) >= 11 is 1.61. The summed E-state index contributed by atoms with van der Waals surface area (Å²) in [5.41, 5.74) is 0.213. The molecule has 0 saturated heterocycles. The number of hydrogen-bond donors (Lipinski definition) is 1. The summed E-state index contributed by atoms with van der Waals surface area (Å²) in [6.45, 7) is 2.14. The van der Waals surface area contributed by atoms with Gasteiger partial charge in [0.15, 0.2) is 0 Å². The Kier molecular flexibility index (Phi) is 4.31. The molecule has 1 saturated carbocycles. The van der Waals surface area contributed by atoms with Gasteiger partial charge < -0.3 is 5.32 Å². The first-order chi connectivity index (χ1) is 12.5. The highest BCUT2D eigenvalue weighted by atomic mass is 32.1. The van der Waals surface area contributed by atoms with Gasteiger partial charge in [-0.05, 0) is 56.4 Å². The Morgan fingerprint density at radius 3 is 3.00 bits per heavy atom. The van der Waals surface area contributed by atoms with Crippen molar-refractivity contribution < 1.29 is 4.79 Å². The molecular weight excluding hydrogens is 348 g/mol. The van der Waals surface area contributed by atoms with Gasteiger partial charge in [0, 0.05) is 4.88 Å². The van der Waals surface area contributed by atoms with Gasteiger partial charge in [0.25, 0.3) is 5.56 Å². The molecule has 7 heteroatoms. The van der Waals surface area contributed by atoms with E-state index in [0.29, 0.717) is 24.1 Å². The van der Waals surface area contributed by atoms with Crippen LogP contribution in [-0.4, -0.2) is 21.0 Å². The van der Waals surface area contributed by atoms with E-state index in [0.717, 1.165) is 42.5 Å². The second-order valence-electron chi connectivity index (χ2n) is 7.66. The lowest BCUT2D eigenvalue weighted by Gasteiger charge is -2.22. The number of carbonyl (C=O) groups excluding carboxylic acids is 1. The van der Waals surface area contributed by atoms with Crippen LogP contribution in [0.1, 0.15) is 49.5 Å². The molecule has 0 bridgehead atoms. The van der Waals surface area contributed by atoms with E-state index in [9.17, 15) is 14.9 Å². The molecule has 2 aliphatic rings. The number of carbonyl (C=O) groups is 1. The Morgan fingerprint density at radius 1 is 1.50 bits per heavy atom. The van der Waals surface area contributed by atoms with Gasteiger partial charge in [-0.1, -0.05) is 6.92 Å². The number of nitrogens with zero attached hydrogens (tertiary/aromatic N) is 3. The van der Waals surface area contributed by atoms with Gasteiger partial charge in [0.05, 0.1) is 17.8 Å². The lowest BCUT2D eigenvalue weighted by Crippen LogP contribution is -2.47. The first kappa shape index (κ1) is 17.2. The lowest BCUT2D eigenvalue weighted by molar-refractivity contribution is -0.123. The van der Waals surface area contributed by atoms with Crippen LogP contribution in [0.3, 0.4) is 0 Å². The highest BCUT2D eigenvalue weighted by molar-refractivity contribution is 7.18. The van der Waals surface area contributed by atoms with Crippen LogP contribution in [0.5, 0.6) is 0 Å². The summed E-state index contributed by atoms with van der Waals surface area (Å²) in [6, 6.07) is 2.25. The van der Waals surface area contributed by atoms with Gasteiger partial charge in [0.1, 0.15) is 16.9 Å². The second kappa shape index (κ2) is 6.51. The number of hydrogen-bond acceptors (Lipinski definition) is 5. The van der Waals surface area contributed by atoms with E-state index in [1.54, 1.807) is 11.3 Å². The fraction of sp³-hybridized carbons (Fsp3) is 0.579. The third kappa shape index (κ3) is 2.92. The number of nitriles is 1. The van der Waals surface area contributed by atoms with Crippen LogP contribution in [0, 0.1) is 17.2 Å². The first-order valence-corrected chi connectivity index (χ1v) is 10.0. The third-order valence-electron chi connectivity index (χ3n) is 5.65. The summed E-state index contributed by atoms with van der Waals surface area (Å²) in [4.78, 5) is 31.9. The Bertz CT molecular complexity index is 962. The molecule has 136 valence electrons. The fourth-order valence-electron chi connectivity index (χ4n) is 4.18. The van der Waals surface area contributed by atoms with Crippen molar-refractivity contribution in [2.24, 2.45) is 5.92 Å². The molecular formula is C19H22N4O2S. The van der Waals surface area contributed by atoms with Crippen LogP contribution in [-0.2, 0) is 24.2 Å². The standard InChI is InChI=1S/C19H22N4O2S/c1-12-4-5-13-14(8-12)26-17-16(13)18(25)23(11-21-17)9-15(24)22-19(10-20)6-2-3-7-19/h11-12H,2-9H2,1H3,(H,22,24)/t12-/m1/s1. The predicted octanol–water partition coefficient (Wildman–Crippen LogP) is 2.54. The van der Waals surface area contributed by atoms with Crippen molar-refractivity contribution in [3.8, 4) is 6.07 Å². The molecule has 1 N–H and O–H groups in total. The van der Waals surface area contributed by atoms with E-state index in [4.69, 9.17) is 0 Å². The number of nitrogens with one attached hydrogen (secondary N) is 1. The van der Waals surface area contributed by atoms with Gasteiger partial charge in [-0.15, -0.1) is 11.3 Å². The zero-order chi connectivity index (χ0) is 18.3. The minimum absolute atomic E-state index is 0.0910. The molecule has 26 heavy (non-hydrogen) atoms. The van der Waals surface area contributed by atoms with Crippen LogP contribution < -0.4 is 10.9 Å². The van der Waals surface area contributed by atoms with Crippen LogP contribution in [0.15, 0.2) is 11.1 Å². The Labute approximate surface area is 155 Å². The maximum Gasteiger partial charge on any atom is 0.262 e. The summed E-state index contributed by atoms with van der Waals surface area (Å²) in [5.74, 6) is 0.339. The van der Waals surface area contributed by atoms with Crippen molar-refractivity contribution in [1.82, 2.24) is 14.9 Å². The molecule has 0 aliphatic heterocycles. The van der Waals surface area contributed by atoms with Gasteiger partial charge >= 0.3 is 0 Å². The minimum atomic E-state index is -0.768. The number of aryl methyl sites for hydroxylation is 1. The normalized spacial score (nSPS) is 21.3. The Hall–Kier alpha value is -2.20. The largest absolute Gasteiger partial charge is 0.336 e. The lowest BCUT2D eigenvalue weighted by atomic mass is 9.89. The smallest absolute Gasteiger partial charge is 0.262 e. The van der Waals surface area contributed by atoms with Crippen LogP contribution in [0.25, 0.3) is 10.2 Å². The first-order valence-electron chi connectivity index (χ1n) is 9.23. The fourth-order valence-corrected chi connectivity index (χ4v) is 5.52.